The Labute approximate surface area is 126 Å². The van der Waals surface area contributed by atoms with Crippen molar-refractivity contribution in [2.75, 3.05) is 19.1 Å². The van der Waals surface area contributed by atoms with Crippen LogP contribution in [0.3, 0.4) is 0 Å². The van der Waals surface area contributed by atoms with E-state index in [1.807, 2.05) is 31.3 Å². The second kappa shape index (κ2) is 6.64. The molecule has 0 amide bonds. The third-order valence-corrected chi connectivity index (χ3v) is 3.76. The minimum absolute atomic E-state index is 0.574. The number of hydrogen-bond donors (Lipinski definition) is 1. The van der Waals surface area contributed by atoms with Crippen molar-refractivity contribution in [1.82, 2.24) is 0 Å². The molecule has 0 aliphatic carbocycles. The van der Waals surface area contributed by atoms with Crippen molar-refractivity contribution >= 4 is 5.69 Å². The Morgan fingerprint density at radius 3 is 2.48 bits per heavy atom. The molecule has 0 aromatic heterocycles. The predicted octanol–water partition coefficient (Wildman–Crippen LogP) is 3.69. The van der Waals surface area contributed by atoms with Crippen LogP contribution < -0.4 is 9.64 Å². The van der Waals surface area contributed by atoms with E-state index in [0.717, 1.165) is 23.5 Å². The lowest BCUT2D eigenvalue weighted by Gasteiger charge is -2.25. The van der Waals surface area contributed by atoms with Crippen LogP contribution in [0.15, 0.2) is 42.5 Å². The van der Waals surface area contributed by atoms with E-state index in [1.165, 1.54) is 11.1 Å². The first kappa shape index (κ1) is 15.4. The van der Waals surface area contributed by atoms with E-state index in [0.29, 0.717) is 0 Å². The summed E-state index contributed by atoms with van der Waals surface area (Å²) < 4.78 is 5.38. The van der Waals surface area contributed by atoms with Gasteiger partial charge in [0.15, 0.2) is 0 Å². The van der Waals surface area contributed by atoms with Gasteiger partial charge in [-0.05, 0) is 37.1 Å². The van der Waals surface area contributed by atoms with Crippen molar-refractivity contribution in [1.29, 1.82) is 0 Å². The first-order valence-electron chi connectivity index (χ1n) is 7.15. The highest BCUT2D eigenvalue weighted by Crippen LogP contribution is 2.34. The molecule has 3 nitrogen and oxygen atoms in total. The SMILES string of the molecule is COc1cccc(N(C)Cc2ccccc2C)c1C(C)O. The van der Waals surface area contributed by atoms with E-state index in [2.05, 4.69) is 30.0 Å². The summed E-state index contributed by atoms with van der Waals surface area (Å²) in [7, 11) is 3.67. The first-order chi connectivity index (χ1) is 10.0. The number of nitrogens with zero attached hydrogens (tertiary/aromatic N) is 1. The molecule has 0 saturated heterocycles. The van der Waals surface area contributed by atoms with Gasteiger partial charge in [0.25, 0.3) is 0 Å². The fourth-order valence-electron chi connectivity index (χ4n) is 2.59. The van der Waals surface area contributed by atoms with Crippen molar-refractivity contribution in [3.8, 4) is 5.75 Å². The van der Waals surface area contributed by atoms with Gasteiger partial charge in [-0.15, -0.1) is 0 Å². The number of aliphatic hydroxyl groups is 1. The van der Waals surface area contributed by atoms with Crippen LogP contribution >= 0.6 is 0 Å². The molecule has 0 fully saturated rings. The Hall–Kier alpha value is -2.00. The van der Waals surface area contributed by atoms with Gasteiger partial charge in [-0.3, -0.25) is 0 Å². The van der Waals surface area contributed by atoms with Gasteiger partial charge in [0, 0.05) is 24.8 Å². The van der Waals surface area contributed by atoms with E-state index in [9.17, 15) is 5.11 Å². The number of hydrogen-bond acceptors (Lipinski definition) is 3. The minimum atomic E-state index is -0.574. The van der Waals surface area contributed by atoms with Crippen LogP contribution in [-0.4, -0.2) is 19.3 Å². The zero-order valence-corrected chi connectivity index (χ0v) is 13.1. The number of aryl methyl sites for hydroxylation is 1. The number of benzene rings is 2. The zero-order chi connectivity index (χ0) is 15.4. The van der Waals surface area contributed by atoms with Gasteiger partial charge in [0.1, 0.15) is 5.75 Å². The van der Waals surface area contributed by atoms with E-state index in [1.54, 1.807) is 14.0 Å². The van der Waals surface area contributed by atoms with E-state index >= 15 is 0 Å². The average molecular weight is 285 g/mol. The zero-order valence-electron chi connectivity index (χ0n) is 13.1. The molecule has 2 rings (SSSR count). The maximum absolute atomic E-state index is 10.1. The molecule has 0 spiro atoms. The molecule has 1 unspecified atom stereocenters. The molecule has 3 heteroatoms. The summed E-state index contributed by atoms with van der Waals surface area (Å²) in [5.41, 5.74) is 4.37. The number of aliphatic hydroxyl groups excluding tert-OH is 1. The third-order valence-electron chi connectivity index (χ3n) is 3.76. The van der Waals surface area contributed by atoms with E-state index in [-0.39, 0.29) is 0 Å². The standard InChI is InChI=1S/C18H23NO2/c1-13-8-5-6-9-15(13)12-19(3)16-10-7-11-17(21-4)18(16)14(2)20/h5-11,14,20H,12H2,1-4H3. The van der Waals surface area contributed by atoms with Gasteiger partial charge in [-0.25, -0.2) is 0 Å². The summed E-state index contributed by atoms with van der Waals surface area (Å²) in [4.78, 5) is 2.15. The molecule has 0 saturated carbocycles. The van der Waals surface area contributed by atoms with Crippen LogP contribution in [0, 0.1) is 6.92 Å². The summed E-state index contributed by atoms with van der Waals surface area (Å²) in [6, 6.07) is 14.2. The van der Waals surface area contributed by atoms with Crippen molar-refractivity contribution in [2.24, 2.45) is 0 Å². The van der Waals surface area contributed by atoms with Crippen molar-refractivity contribution < 1.29 is 9.84 Å². The second-order valence-corrected chi connectivity index (χ2v) is 5.35. The Morgan fingerprint density at radius 1 is 1.14 bits per heavy atom. The molecule has 2 aromatic rings. The molecule has 112 valence electrons. The Morgan fingerprint density at radius 2 is 1.86 bits per heavy atom. The lowest BCUT2D eigenvalue weighted by atomic mass is 10.0. The monoisotopic (exact) mass is 285 g/mol. The Bertz CT molecular complexity index is 608. The number of rotatable bonds is 5. The quantitative estimate of drug-likeness (QED) is 0.909. The fourth-order valence-corrected chi connectivity index (χ4v) is 2.59. The van der Waals surface area contributed by atoms with Gasteiger partial charge in [0.2, 0.25) is 0 Å². The summed E-state index contributed by atoms with van der Waals surface area (Å²) in [6.07, 6.45) is -0.574. The van der Waals surface area contributed by atoms with Gasteiger partial charge in [-0.2, -0.15) is 0 Å². The largest absolute Gasteiger partial charge is 0.496 e. The number of ether oxygens (including phenoxy) is 1. The molecule has 21 heavy (non-hydrogen) atoms. The van der Waals surface area contributed by atoms with Crippen LogP contribution in [0.4, 0.5) is 5.69 Å². The molecule has 1 N–H and O–H groups in total. The number of methoxy groups -OCH3 is 1. The summed E-state index contributed by atoms with van der Waals surface area (Å²) in [5.74, 6) is 0.721. The summed E-state index contributed by atoms with van der Waals surface area (Å²) in [6.45, 7) is 4.67. The van der Waals surface area contributed by atoms with Gasteiger partial charge < -0.3 is 14.7 Å². The molecule has 0 aliphatic heterocycles. The smallest absolute Gasteiger partial charge is 0.126 e. The van der Waals surface area contributed by atoms with Crippen molar-refractivity contribution in [3.05, 3.63) is 59.2 Å². The summed E-state index contributed by atoms with van der Waals surface area (Å²) >= 11 is 0. The second-order valence-electron chi connectivity index (χ2n) is 5.35. The fraction of sp³-hybridized carbons (Fsp3) is 0.333. The number of anilines is 1. The van der Waals surface area contributed by atoms with Crippen LogP contribution in [0.1, 0.15) is 29.7 Å². The van der Waals surface area contributed by atoms with Crippen LogP contribution in [0.25, 0.3) is 0 Å². The van der Waals surface area contributed by atoms with Crippen LogP contribution in [0.5, 0.6) is 5.75 Å². The normalized spacial score (nSPS) is 12.0. The maximum atomic E-state index is 10.1. The molecule has 1 atom stereocenters. The molecular formula is C18H23NO2. The maximum Gasteiger partial charge on any atom is 0.126 e. The minimum Gasteiger partial charge on any atom is -0.496 e. The average Bonchev–Trinajstić information content (AvgIpc) is 2.48. The molecule has 2 aromatic carbocycles. The molecular weight excluding hydrogens is 262 g/mol. The van der Waals surface area contributed by atoms with Crippen molar-refractivity contribution in [3.63, 3.8) is 0 Å². The van der Waals surface area contributed by atoms with Gasteiger partial charge >= 0.3 is 0 Å². The van der Waals surface area contributed by atoms with E-state index in [4.69, 9.17) is 4.74 Å². The summed E-state index contributed by atoms with van der Waals surface area (Å²) in [5, 5.41) is 10.1. The third kappa shape index (κ3) is 3.37. The molecule has 0 aliphatic rings. The highest BCUT2D eigenvalue weighted by Gasteiger charge is 2.17. The topological polar surface area (TPSA) is 32.7 Å². The molecule has 0 radical (unpaired) electrons. The molecule has 0 heterocycles. The Kier molecular flexibility index (Phi) is 4.86. The predicted molar refractivity (Wildman–Crippen MR) is 86.9 cm³/mol. The van der Waals surface area contributed by atoms with Gasteiger partial charge in [-0.1, -0.05) is 30.3 Å². The highest BCUT2D eigenvalue weighted by atomic mass is 16.5. The Balaban J connectivity index is 2.35. The van der Waals surface area contributed by atoms with Crippen molar-refractivity contribution in [2.45, 2.75) is 26.5 Å². The van der Waals surface area contributed by atoms with Crippen LogP contribution in [0.2, 0.25) is 0 Å². The highest BCUT2D eigenvalue weighted by molar-refractivity contribution is 5.60. The lowest BCUT2D eigenvalue weighted by Crippen LogP contribution is -2.19. The first-order valence-corrected chi connectivity index (χ1v) is 7.15. The van der Waals surface area contributed by atoms with Crippen LogP contribution in [-0.2, 0) is 6.54 Å². The lowest BCUT2D eigenvalue weighted by molar-refractivity contribution is 0.194. The molecule has 0 bridgehead atoms. The van der Waals surface area contributed by atoms with E-state index < -0.39 is 6.10 Å². The van der Waals surface area contributed by atoms with Gasteiger partial charge in [0.05, 0.1) is 13.2 Å².